The Kier molecular flexibility index (Phi) is 4.65. The average Bonchev–Trinajstić information content (AvgIpc) is 3.03. The third-order valence-electron chi connectivity index (χ3n) is 3.17. The van der Waals surface area contributed by atoms with Crippen LogP contribution in [0.2, 0.25) is 0 Å². The summed E-state index contributed by atoms with van der Waals surface area (Å²) in [5.41, 5.74) is 0.633. The van der Waals surface area contributed by atoms with Crippen molar-refractivity contribution in [1.82, 2.24) is 14.6 Å². The van der Waals surface area contributed by atoms with E-state index >= 15 is 0 Å². The molecule has 3 rings (SSSR count). The molecular weight excluding hydrogens is 355 g/mol. The van der Waals surface area contributed by atoms with Crippen molar-refractivity contribution in [2.75, 3.05) is 13.7 Å². The van der Waals surface area contributed by atoms with Gasteiger partial charge in [0.25, 0.3) is 5.88 Å². The Balaban J connectivity index is 1.83. The molecule has 0 aliphatic heterocycles. The summed E-state index contributed by atoms with van der Waals surface area (Å²) in [5.74, 6) is -0.574. The lowest BCUT2D eigenvalue weighted by Crippen LogP contribution is -2.19. The molecule has 0 radical (unpaired) electrons. The van der Waals surface area contributed by atoms with Crippen LogP contribution in [0.15, 0.2) is 42.7 Å². The number of rotatable bonds is 5. The zero-order chi connectivity index (χ0) is 18.7. The van der Waals surface area contributed by atoms with Gasteiger partial charge in [0, 0.05) is 18.5 Å². The van der Waals surface area contributed by atoms with E-state index in [0.717, 1.165) is 0 Å². The Bertz CT molecular complexity index is 940. The molecule has 0 N–H and O–H groups in total. The summed E-state index contributed by atoms with van der Waals surface area (Å²) < 4.78 is 53.3. The lowest BCUT2D eigenvalue weighted by atomic mass is 10.3. The van der Waals surface area contributed by atoms with Gasteiger partial charge in [-0.25, -0.2) is 14.3 Å². The van der Waals surface area contributed by atoms with Crippen LogP contribution in [0.25, 0.3) is 5.52 Å². The van der Waals surface area contributed by atoms with Crippen LogP contribution in [-0.2, 0) is 4.74 Å². The standard InChI is InChI=1S/C16H12F3N3O4/c1-24-15(23)12-8-10-7-11(4-6-22(10)21-12)26-14-13(3-2-5-20-14)25-9-16(17,18)19/h2-8H,9H2,1H3. The lowest BCUT2D eigenvalue weighted by Gasteiger charge is -2.12. The Morgan fingerprint density at radius 3 is 2.81 bits per heavy atom. The van der Waals surface area contributed by atoms with Gasteiger partial charge in [-0.1, -0.05) is 0 Å². The highest BCUT2D eigenvalue weighted by Crippen LogP contribution is 2.30. The SMILES string of the molecule is COC(=O)c1cc2cc(Oc3ncccc3OCC(F)(F)F)ccn2n1. The summed E-state index contributed by atoms with van der Waals surface area (Å²) >= 11 is 0. The van der Waals surface area contributed by atoms with Crippen molar-refractivity contribution in [2.45, 2.75) is 6.18 Å². The molecule has 0 aliphatic carbocycles. The van der Waals surface area contributed by atoms with Gasteiger partial charge in [-0.3, -0.25) is 0 Å². The third kappa shape index (κ3) is 4.02. The fourth-order valence-electron chi connectivity index (χ4n) is 2.08. The first-order valence-corrected chi connectivity index (χ1v) is 7.26. The van der Waals surface area contributed by atoms with Crippen molar-refractivity contribution in [3.05, 3.63) is 48.4 Å². The molecule has 3 heterocycles. The summed E-state index contributed by atoms with van der Waals surface area (Å²) in [6.07, 6.45) is -1.59. The van der Waals surface area contributed by atoms with Crippen LogP contribution in [0, 0.1) is 0 Å². The van der Waals surface area contributed by atoms with E-state index in [1.165, 1.54) is 48.3 Å². The molecule has 7 nitrogen and oxygen atoms in total. The normalized spacial score (nSPS) is 11.4. The molecule has 0 atom stereocenters. The number of halogens is 3. The number of aromatic nitrogens is 3. The Labute approximate surface area is 144 Å². The van der Waals surface area contributed by atoms with E-state index in [9.17, 15) is 18.0 Å². The zero-order valence-electron chi connectivity index (χ0n) is 13.4. The monoisotopic (exact) mass is 367 g/mol. The van der Waals surface area contributed by atoms with Crippen molar-refractivity contribution in [3.8, 4) is 17.4 Å². The summed E-state index contributed by atoms with van der Waals surface area (Å²) in [6.45, 7) is -1.46. The van der Waals surface area contributed by atoms with Gasteiger partial charge in [-0.05, 0) is 24.3 Å². The Morgan fingerprint density at radius 2 is 2.08 bits per heavy atom. The maximum absolute atomic E-state index is 12.3. The van der Waals surface area contributed by atoms with Crippen LogP contribution in [0.1, 0.15) is 10.5 Å². The second-order valence-corrected chi connectivity index (χ2v) is 5.07. The molecule has 0 saturated carbocycles. The fourth-order valence-corrected chi connectivity index (χ4v) is 2.08. The second kappa shape index (κ2) is 6.90. The van der Waals surface area contributed by atoms with E-state index in [-0.39, 0.29) is 23.1 Å². The molecule has 0 aliphatic rings. The second-order valence-electron chi connectivity index (χ2n) is 5.07. The molecular formula is C16H12F3N3O4. The van der Waals surface area contributed by atoms with Gasteiger partial charge in [0.1, 0.15) is 5.75 Å². The molecule has 0 fully saturated rings. The van der Waals surface area contributed by atoms with Gasteiger partial charge in [0.2, 0.25) is 0 Å². The number of methoxy groups -OCH3 is 1. The van der Waals surface area contributed by atoms with Crippen molar-refractivity contribution < 1.29 is 32.2 Å². The summed E-state index contributed by atoms with van der Waals surface area (Å²) in [6, 6.07) is 7.30. The highest BCUT2D eigenvalue weighted by molar-refractivity contribution is 5.88. The average molecular weight is 367 g/mol. The number of fused-ring (bicyclic) bond motifs is 1. The molecule has 3 aromatic heterocycles. The van der Waals surface area contributed by atoms with Crippen LogP contribution in [0.4, 0.5) is 13.2 Å². The first kappa shape index (κ1) is 17.5. The predicted octanol–water partition coefficient (Wildman–Crippen LogP) is 3.25. The van der Waals surface area contributed by atoms with Gasteiger partial charge < -0.3 is 14.2 Å². The molecule has 0 bridgehead atoms. The Morgan fingerprint density at radius 1 is 1.27 bits per heavy atom. The van der Waals surface area contributed by atoms with E-state index in [1.54, 1.807) is 6.07 Å². The number of nitrogens with zero attached hydrogens (tertiary/aromatic N) is 3. The molecule has 26 heavy (non-hydrogen) atoms. The van der Waals surface area contributed by atoms with Gasteiger partial charge >= 0.3 is 12.1 Å². The van der Waals surface area contributed by atoms with Gasteiger partial charge in [-0.2, -0.15) is 18.3 Å². The van der Waals surface area contributed by atoms with Crippen molar-refractivity contribution in [2.24, 2.45) is 0 Å². The van der Waals surface area contributed by atoms with Gasteiger partial charge in [0.05, 0.1) is 12.6 Å². The number of carbonyl (C=O) groups is 1. The summed E-state index contributed by atoms with van der Waals surface area (Å²) in [7, 11) is 1.24. The number of hydrogen-bond acceptors (Lipinski definition) is 6. The number of ether oxygens (including phenoxy) is 3. The number of alkyl halides is 3. The first-order valence-electron chi connectivity index (χ1n) is 7.26. The summed E-state index contributed by atoms with van der Waals surface area (Å²) in [5, 5.41) is 4.03. The maximum atomic E-state index is 12.3. The summed E-state index contributed by atoms with van der Waals surface area (Å²) in [4.78, 5) is 15.4. The molecule has 0 spiro atoms. The van der Waals surface area contributed by atoms with Crippen molar-refractivity contribution >= 4 is 11.5 Å². The zero-order valence-corrected chi connectivity index (χ0v) is 13.4. The molecule has 3 aromatic rings. The smallest absolute Gasteiger partial charge is 0.422 e. The van der Waals surface area contributed by atoms with Crippen LogP contribution < -0.4 is 9.47 Å². The highest BCUT2D eigenvalue weighted by atomic mass is 19.4. The van der Waals surface area contributed by atoms with Gasteiger partial charge in [0.15, 0.2) is 18.1 Å². The minimum absolute atomic E-state index is 0.108. The molecule has 0 saturated heterocycles. The third-order valence-corrected chi connectivity index (χ3v) is 3.17. The van der Waals surface area contributed by atoms with E-state index < -0.39 is 18.8 Å². The number of hydrogen-bond donors (Lipinski definition) is 0. The van der Waals surface area contributed by atoms with Crippen LogP contribution in [-0.4, -0.2) is 40.5 Å². The minimum atomic E-state index is -4.48. The number of pyridine rings is 2. The van der Waals surface area contributed by atoms with Crippen molar-refractivity contribution in [3.63, 3.8) is 0 Å². The van der Waals surface area contributed by atoms with E-state index in [2.05, 4.69) is 14.8 Å². The number of esters is 1. The molecule has 10 heteroatoms. The predicted molar refractivity (Wildman–Crippen MR) is 82.4 cm³/mol. The maximum Gasteiger partial charge on any atom is 0.422 e. The molecule has 0 unspecified atom stereocenters. The van der Waals surface area contributed by atoms with E-state index in [1.807, 2.05) is 0 Å². The Hall–Kier alpha value is -3.30. The molecule has 0 amide bonds. The number of carbonyl (C=O) groups excluding carboxylic acids is 1. The van der Waals surface area contributed by atoms with Crippen LogP contribution >= 0.6 is 0 Å². The quantitative estimate of drug-likeness (QED) is 0.645. The topological polar surface area (TPSA) is 75.0 Å². The van der Waals surface area contributed by atoms with Gasteiger partial charge in [-0.15, -0.1) is 0 Å². The largest absolute Gasteiger partial charge is 0.478 e. The highest BCUT2D eigenvalue weighted by Gasteiger charge is 2.29. The fraction of sp³-hybridized carbons (Fsp3) is 0.188. The van der Waals surface area contributed by atoms with E-state index in [4.69, 9.17) is 9.47 Å². The van der Waals surface area contributed by atoms with E-state index in [0.29, 0.717) is 5.52 Å². The first-order chi connectivity index (χ1) is 12.4. The van der Waals surface area contributed by atoms with Crippen molar-refractivity contribution in [1.29, 1.82) is 0 Å². The molecule has 136 valence electrons. The van der Waals surface area contributed by atoms with Crippen LogP contribution in [0.3, 0.4) is 0 Å². The minimum Gasteiger partial charge on any atom is -0.478 e. The van der Waals surface area contributed by atoms with Crippen LogP contribution in [0.5, 0.6) is 17.4 Å². The molecule has 0 aromatic carbocycles. The lowest BCUT2D eigenvalue weighted by molar-refractivity contribution is -0.153.